The lowest BCUT2D eigenvalue weighted by Crippen LogP contribution is -2.44. The minimum atomic E-state index is -0.745. The van der Waals surface area contributed by atoms with E-state index in [0.717, 1.165) is 0 Å². The van der Waals surface area contributed by atoms with Gasteiger partial charge in [-0.25, -0.2) is 4.79 Å². The van der Waals surface area contributed by atoms with E-state index in [4.69, 9.17) is 14.2 Å². The second-order valence-corrected chi connectivity index (χ2v) is 7.43. The Labute approximate surface area is 188 Å². The van der Waals surface area contributed by atoms with Crippen LogP contribution in [-0.4, -0.2) is 67.6 Å². The van der Waals surface area contributed by atoms with Gasteiger partial charge in [0.1, 0.15) is 11.4 Å². The first-order valence-electron chi connectivity index (χ1n) is 10.6. The van der Waals surface area contributed by atoms with Crippen LogP contribution in [0.5, 0.6) is 5.75 Å². The van der Waals surface area contributed by atoms with Crippen molar-refractivity contribution in [3.05, 3.63) is 52.3 Å². The molecule has 0 aliphatic rings. The normalized spacial score (nSPS) is 11.7. The molecule has 0 bridgehead atoms. The zero-order valence-corrected chi connectivity index (χ0v) is 19.6. The highest BCUT2D eigenvalue weighted by Gasteiger charge is 2.31. The summed E-state index contributed by atoms with van der Waals surface area (Å²) in [5.41, 5.74) is 2.17. The summed E-state index contributed by atoms with van der Waals surface area (Å²) in [5.74, 6) is -0.406. The number of esters is 1. The predicted octanol–water partition coefficient (Wildman–Crippen LogP) is 3.57. The quantitative estimate of drug-likeness (QED) is 0.323. The Kier molecular flexibility index (Phi) is 9.02. The monoisotopic (exact) mass is 444 g/mol. The van der Waals surface area contributed by atoms with Gasteiger partial charge in [-0.2, -0.15) is 0 Å². The molecule has 1 N–H and O–H groups in total. The van der Waals surface area contributed by atoms with Gasteiger partial charge < -0.3 is 24.1 Å². The number of H-pyrrole nitrogens is 1. The van der Waals surface area contributed by atoms with Crippen LogP contribution in [0.2, 0.25) is 0 Å². The van der Waals surface area contributed by atoms with Crippen LogP contribution < -0.4 is 4.74 Å². The molecule has 1 aromatic carbocycles. The Morgan fingerprint density at radius 3 is 2.31 bits per heavy atom. The van der Waals surface area contributed by atoms with Crippen molar-refractivity contribution >= 4 is 17.7 Å². The third-order valence-electron chi connectivity index (χ3n) is 5.41. The number of Topliss-reactive ketones (excluding diaryl/α,β-unsaturated/α-hetero) is 1. The van der Waals surface area contributed by atoms with Crippen LogP contribution in [0.25, 0.3) is 0 Å². The lowest BCUT2D eigenvalue weighted by atomic mass is 9.99. The standard InChI is InChI=1S/C24H32N2O6/c1-7-32-14-8-13-26(23(28)18-9-11-19(30-5)12-10-18)17(4)22(27)20-15(2)21(24(29)31-6)25-16(20)3/h9-12,17,25H,7-8,13-14H2,1-6H3/t17-/m0/s1. The number of aromatic amines is 1. The Bertz CT molecular complexity index is 948. The van der Waals surface area contributed by atoms with Crippen molar-refractivity contribution in [2.75, 3.05) is 34.0 Å². The summed E-state index contributed by atoms with van der Waals surface area (Å²) >= 11 is 0. The van der Waals surface area contributed by atoms with Crippen LogP contribution in [0.3, 0.4) is 0 Å². The molecule has 2 aromatic rings. The number of rotatable bonds is 11. The lowest BCUT2D eigenvalue weighted by molar-refractivity contribution is 0.0588. The van der Waals surface area contributed by atoms with E-state index in [1.807, 2.05) is 6.92 Å². The fourth-order valence-electron chi connectivity index (χ4n) is 3.63. The number of carbonyl (C=O) groups is 3. The minimum absolute atomic E-state index is 0.241. The number of aromatic nitrogens is 1. The zero-order valence-electron chi connectivity index (χ0n) is 19.6. The number of ketones is 1. The van der Waals surface area contributed by atoms with Gasteiger partial charge in [0, 0.05) is 36.6 Å². The first-order chi connectivity index (χ1) is 15.3. The van der Waals surface area contributed by atoms with Gasteiger partial charge in [-0.3, -0.25) is 9.59 Å². The summed E-state index contributed by atoms with van der Waals surface area (Å²) in [6.07, 6.45) is 0.589. The van der Waals surface area contributed by atoms with E-state index in [9.17, 15) is 14.4 Å². The van der Waals surface area contributed by atoms with E-state index in [2.05, 4.69) is 4.98 Å². The Morgan fingerprint density at radius 1 is 1.09 bits per heavy atom. The van der Waals surface area contributed by atoms with Crippen molar-refractivity contribution in [1.29, 1.82) is 0 Å². The number of amides is 1. The topological polar surface area (TPSA) is 97.9 Å². The summed E-state index contributed by atoms with van der Waals surface area (Å²) in [4.78, 5) is 43.3. The van der Waals surface area contributed by atoms with Crippen molar-refractivity contribution in [1.82, 2.24) is 9.88 Å². The maximum Gasteiger partial charge on any atom is 0.354 e. The van der Waals surface area contributed by atoms with Crippen molar-refractivity contribution in [3.8, 4) is 5.75 Å². The maximum absolute atomic E-state index is 13.5. The van der Waals surface area contributed by atoms with Crippen molar-refractivity contribution in [2.24, 2.45) is 0 Å². The Balaban J connectivity index is 2.35. The Morgan fingerprint density at radius 2 is 1.75 bits per heavy atom. The smallest absolute Gasteiger partial charge is 0.354 e. The van der Waals surface area contributed by atoms with Gasteiger partial charge in [-0.1, -0.05) is 0 Å². The maximum atomic E-state index is 13.5. The fraction of sp³-hybridized carbons (Fsp3) is 0.458. The van der Waals surface area contributed by atoms with Gasteiger partial charge in [-0.15, -0.1) is 0 Å². The first kappa shape index (κ1) is 25.1. The van der Waals surface area contributed by atoms with Crippen LogP contribution in [0.15, 0.2) is 24.3 Å². The van der Waals surface area contributed by atoms with E-state index >= 15 is 0 Å². The van der Waals surface area contributed by atoms with Crippen LogP contribution >= 0.6 is 0 Å². The molecule has 32 heavy (non-hydrogen) atoms. The molecule has 0 aliphatic heterocycles. The van der Waals surface area contributed by atoms with Crippen molar-refractivity contribution < 1.29 is 28.6 Å². The number of hydrogen-bond acceptors (Lipinski definition) is 6. The number of benzene rings is 1. The fourth-order valence-corrected chi connectivity index (χ4v) is 3.63. The van der Waals surface area contributed by atoms with Gasteiger partial charge in [-0.05, 0) is 63.9 Å². The molecule has 1 heterocycles. The number of carbonyl (C=O) groups excluding carboxylic acids is 3. The van der Waals surface area contributed by atoms with Crippen LogP contribution in [-0.2, 0) is 9.47 Å². The van der Waals surface area contributed by atoms with Crippen molar-refractivity contribution in [2.45, 2.75) is 40.2 Å². The zero-order chi connectivity index (χ0) is 23.8. The number of methoxy groups -OCH3 is 2. The van der Waals surface area contributed by atoms with E-state index in [0.29, 0.717) is 54.3 Å². The molecule has 0 saturated heterocycles. The molecule has 0 spiro atoms. The van der Waals surface area contributed by atoms with E-state index < -0.39 is 12.0 Å². The van der Waals surface area contributed by atoms with Crippen LogP contribution in [0.4, 0.5) is 0 Å². The summed E-state index contributed by atoms with van der Waals surface area (Å²) in [7, 11) is 2.84. The number of nitrogens with one attached hydrogen (secondary N) is 1. The molecule has 0 fully saturated rings. The first-order valence-corrected chi connectivity index (χ1v) is 10.6. The molecule has 0 unspecified atom stereocenters. The average Bonchev–Trinajstić information content (AvgIpc) is 3.11. The van der Waals surface area contributed by atoms with Gasteiger partial charge in [0.05, 0.1) is 20.3 Å². The van der Waals surface area contributed by atoms with Gasteiger partial charge in [0.15, 0.2) is 5.78 Å². The largest absolute Gasteiger partial charge is 0.497 e. The average molecular weight is 445 g/mol. The molecule has 8 nitrogen and oxygen atoms in total. The van der Waals surface area contributed by atoms with E-state index in [-0.39, 0.29) is 17.4 Å². The summed E-state index contributed by atoms with van der Waals surface area (Å²) < 4.78 is 15.4. The third kappa shape index (κ3) is 5.56. The number of ether oxygens (including phenoxy) is 3. The lowest BCUT2D eigenvalue weighted by Gasteiger charge is -2.29. The molecule has 8 heteroatoms. The molecule has 1 amide bonds. The SMILES string of the molecule is CCOCCCN(C(=O)c1ccc(OC)cc1)[C@@H](C)C(=O)c1c(C)[nH]c(C(=O)OC)c1C. The number of hydrogen-bond donors (Lipinski definition) is 1. The summed E-state index contributed by atoms with van der Waals surface area (Å²) in [6, 6.07) is 6.03. The van der Waals surface area contributed by atoms with Gasteiger partial charge in [0.25, 0.3) is 5.91 Å². The molecular weight excluding hydrogens is 412 g/mol. The highest BCUT2D eigenvalue weighted by atomic mass is 16.5. The van der Waals surface area contributed by atoms with Gasteiger partial charge >= 0.3 is 5.97 Å². The predicted molar refractivity (Wildman–Crippen MR) is 121 cm³/mol. The highest BCUT2D eigenvalue weighted by molar-refractivity contribution is 6.07. The highest BCUT2D eigenvalue weighted by Crippen LogP contribution is 2.23. The number of nitrogens with zero attached hydrogens (tertiary/aromatic N) is 1. The Hall–Kier alpha value is -3.13. The van der Waals surface area contributed by atoms with Crippen molar-refractivity contribution in [3.63, 3.8) is 0 Å². The van der Waals surface area contributed by atoms with E-state index in [1.165, 1.54) is 7.11 Å². The molecular formula is C24H32N2O6. The molecule has 0 aliphatic carbocycles. The minimum Gasteiger partial charge on any atom is -0.497 e. The molecule has 0 radical (unpaired) electrons. The molecule has 1 aromatic heterocycles. The summed E-state index contributed by atoms with van der Waals surface area (Å²) in [5, 5.41) is 0. The second-order valence-electron chi connectivity index (χ2n) is 7.43. The van der Waals surface area contributed by atoms with Gasteiger partial charge in [0.2, 0.25) is 0 Å². The van der Waals surface area contributed by atoms with Crippen LogP contribution in [0.1, 0.15) is 62.7 Å². The molecule has 0 saturated carbocycles. The van der Waals surface area contributed by atoms with Crippen LogP contribution in [0, 0.1) is 13.8 Å². The molecule has 2 rings (SSSR count). The molecule has 1 atom stereocenters. The number of aryl methyl sites for hydroxylation is 1. The summed E-state index contributed by atoms with van der Waals surface area (Å²) in [6.45, 7) is 8.45. The second kappa shape index (κ2) is 11.5. The molecule has 174 valence electrons. The third-order valence-corrected chi connectivity index (χ3v) is 5.41. The van der Waals surface area contributed by atoms with E-state index in [1.54, 1.807) is 57.0 Å².